The van der Waals surface area contributed by atoms with Gasteiger partial charge in [-0.15, -0.1) is 13.2 Å². The quantitative estimate of drug-likeness (QED) is 0.531. The van der Waals surface area contributed by atoms with Gasteiger partial charge in [-0.3, -0.25) is 0 Å². The molecule has 6 heteroatoms. The summed E-state index contributed by atoms with van der Waals surface area (Å²) in [6.45, 7) is 20.3. The third kappa shape index (κ3) is 53.5. The number of carbonyl (C=O) groups is 3. The van der Waals surface area contributed by atoms with Crippen molar-refractivity contribution in [2.24, 2.45) is 5.41 Å². The Morgan fingerprint density at radius 1 is 0.682 bits per heavy atom. The zero-order valence-electron chi connectivity index (χ0n) is 13.0. The molecular weight excluding hydrogens is 288 g/mol. The van der Waals surface area contributed by atoms with Gasteiger partial charge < -0.3 is 15.3 Å². The minimum Gasteiger partial charge on any atom is -0.478 e. The largest absolute Gasteiger partial charge is 0.478 e. The summed E-state index contributed by atoms with van der Waals surface area (Å²) in [5.41, 5.74) is 0.111. The Kier molecular flexibility index (Phi) is 22.6. The first kappa shape index (κ1) is 27.5. The third-order valence-electron chi connectivity index (χ3n) is 1.58. The molecule has 0 aliphatic rings. The lowest BCUT2D eigenvalue weighted by Crippen LogP contribution is -1.99. The maximum Gasteiger partial charge on any atom is 0.327 e. The fourth-order valence-electron chi connectivity index (χ4n) is 0.0833. The molecule has 0 aromatic heterocycles. The Morgan fingerprint density at radius 2 is 0.818 bits per heavy atom. The van der Waals surface area contributed by atoms with Gasteiger partial charge in [-0.2, -0.15) is 0 Å². The van der Waals surface area contributed by atoms with Gasteiger partial charge in [0.1, 0.15) is 0 Å². The molecule has 0 aliphatic heterocycles. The van der Waals surface area contributed by atoms with Crippen molar-refractivity contribution >= 4 is 17.9 Å². The second-order valence-electron chi connectivity index (χ2n) is 3.86. The molecule has 0 rings (SSSR count). The minimum absolute atomic E-state index is 0.111. The molecule has 22 heavy (non-hydrogen) atoms. The van der Waals surface area contributed by atoms with Gasteiger partial charge in [-0.25, -0.2) is 14.4 Å². The van der Waals surface area contributed by atoms with E-state index < -0.39 is 17.9 Å². The molecule has 0 aliphatic carbocycles. The van der Waals surface area contributed by atoms with Crippen LogP contribution in [0.5, 0.6) is 0 Å². The molecule has 124 valence electrons. The molecular formula is C16H24O6. The molecule has 0 radical (unpaired) electrons. The Hall–Kier alpha value is -2.89. The fraction of sp³-hybridized carbons (Fsp3) is 0.188. The summed E-state index contributed by atoms with van der Waals surface area (Å²) in [5.74, 6) is -2.94. The van der Waals surface area contributed by atoms with Crippen LogP contribution in [0.2, 0.25) is 0 Å². The Bertz CT molecular complexity index is 352. The number of carboxylic acids is 3. The summed E-state index contributed by atoms with van der Waals surface area (Å²) >= 11 is 0. The standard InChI is InChI=1S/C7H12.3C3H4O2/c1-5-7(3,4)6-2;3*1-2-3(4)5/h5-6H,1-2H2,3-4H3;3*2H,1H2,(H,4,5). The average molecular weight is 312 g/mol. The maximum atomic E-state index is 9.25. The molecule has 0 heterocycles. The van der Waals surface area contributed by atoms with Crippen LogP contribution in [0.15, 0.2) is 63.3 Å². The van der Waals surface area contributed by atoms with E-state index in [0.29, 0.717) is 0 Å². The Balaban J connectivity index is -0.0000000995. The number of hydrogen-bond acceptors (Lipinski definition) is 3. The highest BCUT2D eigenvalue weighted by Gasteiger charge is 2.03. The minimum atomic E-state index is -0.981. The van der Waals surface area contributed by atoms with E-state index in [9.17, 15) is 14.4 Å². The van der Waals surface area contributed by atoms with Gasteiger partial charge in [-0.1, -0.05) is 45.7 Å². The van der Waals surface area contributed by atoms with Gasteiger partial charge in [0.05, 0.1) is 0 Å². The molecule has 0 saturated carbocycles. The van der Waals surface area contributed by atoms with E-state index in [1.165, 1.54) is 0 Å². The second kappa shape index (κ2) is 18.1. The predicted octanol–water partition coefficient (Wildman–Crippen LogP) is 3.16. The topological polar surface area (TPSA) is 112 Å². The van der Waals surface area contributed by atoms with Crippen molar-refractivity contribution < 1.29 is 29.7 Å². The predicted molar refractivity (Wildman–Crippen MR) is 87.7 cm³/mol. The van der Waals surface area contributed by atoms with E-state index >= 15 is 0 Å². The molecule has 0 bridgehead atoms. The summed E-state index contributed by atoms with van der Waals surface area (Å²) in [4.78, 5) is 27.8. The summed E-state index contributed by atoms with van der Waals surface area (Å²) in [6, 6.07) is 0. The summed E-state index contributed by atoms with van der Waals surface area (Å²) in [5, 5.41) is 22.8. The molecule has 6 nitrogen and oxygen atoms in total. The first-order valence-corrected chi connectivity index (χ1v) is 5.77. The zero-order valence-corrected chi connectivity index (χ0v) is 13.0. The van der Waals surface area contributed by atoms with Crippen molar-refractivity contribution in [3.05, 3.63) is 63.3 Å². The zero-order chi connectivity index (χ0) is 18.8. The SMILES string of the molecule is C=CC(=O)O.C=CC(=O)O.C=CC(=O)O.C=CC(C)(C)C=C. The number of hydrogen-bond donors (Lipinski definition) is 3. The molecule has 0 aromatic carbocycles. The first-order valence-electron chi connectivity index (χ1n) is 5.77. The van der Waals surface area contributed by atoms with Gasteiger partial charge in [0.25, 0.3) is 0 Å². The normalized spacial score (nSPS) is 7.73. The molecule has 0 atom stereocenters. The van der Waals surface area contributed by atoms with Gasteiger partial charge >= 0.3 is 17.9 Å². The highest BCUT2D eigenvalue weighted by atomic mass is 16.4. The lowest BCUT2D eigenvalue weighted by Gasteiger charge is -2.10. The second-order valence-corrected chi connectivity index (χ2v) is 3.86. The van der Waals surface area contributed by atoms with Gasteiger partial charge in [0.2, 0.25) is 0 Å². The first-order chi connectivity index (χ1) is 9.93. The van der Waals surface area contributed by atoms with Gasteiger partial charge in [0, 0.05) is 18.2 Å². The van der Waals surface area contributed by atoms with Crippen LogP contribution in [-0.4, -0.2) is 33.2 Å². The van der Waals surface area contributed by atoms with E-state index in [1.54, 1.807) is 0 Å². The molecule has 0 unspecified atom stereocenters. The number of carboxylic acid groups (broad SMARTS) is 3. The number of aliphatic carboxylic acids is 3. The van der Waals surface area contributed by atoms with Crippen LogP contribution < -0.4 is 0 Å². The smallest absolute Gasteiger partial charge is 0.327 e. The summed E-state index contributed by atoms with van der Waals surface area (Å²) in [6.07, 6.45) is 6.25. The van der Waals surface area contributed by atoms with Gasteiger partial charge in [-0.05, 0) is 5.41 Å². The fourth-order valence-corrected chi connectivity index (χ4v) is 0.0833. The van der Waals surface area contributed by atoms with Crippen LogP contribution in [0, 0.1) is 5.41 Å². The highest BCUT2D eigenvalue weighted by molar-refractivity contribution is 5.79. The van der Waals surface area contributed by atoms with E-state index in [4.69, 9.17) is 15.3 Å². The van der Waals surface area contributed by atoms with Crippen LogP contribution in [-0.2, 0) is 14.4 Å². The maximum absolute atomic E-state index is 9.25. The van der Waals surface area contributed by atoms with Crippen LogP contribution in [0.25, 0.3) is 0 Å². The van der Waals surface area contributed by atoms with Crippen molar-refractivity contribution in [3.63, 3.8) is 0 Å². The van der Waals surface area contributed by atoms with E-state index in [-0.39, 0.29) is 5.41 Å². The summed E-state index contributed by atoms with van der Waals surface area (Å²) < 4.78 is 0. The van der Waals surface area contributed by atoms with E-state index in [0.717, 1.165) is 18.2 Å². The Morgan fingerprint density at radius 3 is 0.818 bits per heavy atom. The lowest BCUT2D eigenvalue weighted by molar-refractivity contribution is -0.132. The van der Waals surface area contributed by atoms with Gasteiger partial charge in [0.15, 0.2) is 0 Å². The monoisotopic (exact) mass is 312 g/mol. The average Bonchev–Trinajstić information content (AvgIpc) is 2.48. The molecule has 3 N–H and O–H groups in total. The molecule has 0 saturated heterocycles. The molecule has 0 aromatic rings. The van der Waals surface area contributed by atoms with Crippen molar-refractivity contribution in [1.82, 2.24) is 0 Å². The van der Waals surface area contributed by atoms with Crippen molar-refractivity contribution in [2.45, 2.75) is 13.8 Å². The lowest BCUT2D eigenvalue weighted by atomic mass is 9.95. The van der Waals surface area contributed by atoms with E-state index in [1.807, 2.05) is 12.2 Å². The van der Waals surface area contributed by atoms with Crippen LogP contribution in [0.4, 0.5) is 0 Å². The highest BCUT2D eigenvalue weighted by Crippen LogP contribution is 2.15. The molecule has 0 fully saturated rings. The van der Waals surface area contributed by atoms with Crippen LogP contribution >= 0.6 is 0 Å². The van der Waals surface area contributed by atoms with Crippen molar-refractivity contribution in [3.8, 4) is 0 Å². The van der Waals surface area contributed by atoms with Crippen LogP contribution in [0.1, 0.15) is 13.8 Å². The van der Waals surface area contributed by atoms with E-state index in [2.05, 4.69) is 46.7 Å². The van der Waals surface area contributed by atoms with Crippen molar-refractivity contribution in [1.29, 1.82) is 0 Å². The third-order valence-corrected chi connectivity index (χ3v) is 1.58. The summed E-state index contributed by atoms with van der Waals surface area (Å²) in [7, 11) is 0. The number of rotatable bonds is 5. The Labute approximate surface area is 131 Å². The molecule has 0 amide bonds. The number of allylic oxidation sites excluding steroid dienone is 2. The molecule has 0 spiro atoms. The van der Waals surface area contributed by atoms with Crippen LogP contribution in [0.3, 0.4) is 0 Å². The van der Waals surface area contributed by atoms with Crippen molar-refractivity contribution in [2.75, 3.05) is 0 Å².